The first-order valence-electron chi connectivity index (χ1n) is 5.60. The van der Waals surface area contributed by atoms with E-state index in [0.29, 0.717) is 26.1 Å². The summed E-state index contributed by atoms with van der Waals surface area (Å²) in [4.78, 5) is -0.329. The number of halogens is 3. The van der Waals surface area contributed by atoms with Gasteiger partial charge in [0.15, 0.2) is 0 Å². The summed E-state index contributed by atoms with van der Waals surface area (Å²) in [7, 11) is -3.79. The Morgan fingerprint density at radius 3 is 2.68 bits per heavy atom. The minimum atomic E-state index is -3.79. The van der Waals surface area contributed by atoms with E-state index in [9.17, 15) is 12.8 Å². The van der Waals surface area contributed by atoms with Gasteiger partial charge in [-0.15, -0.1) is 12.4 Å². The fourth-order valence-corrected chi connectivity index (χ4v) is 3.77. The van der Waals surface area contributed by atoms with Gasteiger partial charge >= 0.3 is 0 Å². The van der Waals surface area contributed by atoms with Crippen molar-refractivity contribution in [1.29, 1.82) is 0 Å². The molecular formula is C11H15Cl2FN2O2S. The topological polar surface area (TPSA) is 63.4 Å². The molecule has 1 atom stereocenters. The van der Waals surface area contributed by atoms with Gasteiger partial charge in [0, 0.05) is 18.1 Å². The highest BCUT2D eigenvalue weighted by atomic mass is 35.5. The van der Waals surface area contributed by atoms with Gasteiger partial charge in [-0.1, -0.05) is 11.6 Å². The number of hydrogen-bond donors (Lipinski definition) is 1. The van der Waals surface area contributed by atoms with Crippen LogP contribution in [0.3, 0.4) is 0 Å². The molecule has 2 rings (SSSR count). The Morgan fingerprint density at radius 1 is 1.47 bits per heavy atom. The van der Waals surface area contributed by atoms with Crippen LogP contribution in [0, 0.1) is 11.7 Å². The van der Waals surface area contributed by atoms with E-state index >= 15 is 0 Å². The molecule has 108 valence electrons. The molecule has 0 saturated carbocycles. The van der Waals surface area contributed by atoms with Crippen molar-refractivity contribution in [2.45, 2.75) is 11.3 Å². The van der Waals surface area contributed by atoms with Crippen LogP contribution in [0.15, 0.2) is 23.1 Å². The second-order valence-electron chi connectivity index (χ2n) is 4.33. The number of benzene rings is 1. The van der Waals surface area contributed by atoms with Crippen LogP contribution >= 0.6 is 24.0 Å². The lowest BCUT2D eigenvalue weighted by Crippen LogP contribution is -2.30. The smallest absolute Gasteiger partial charge is 0.245 e. The third-order valence-electron chi connectivity index (χ3n) is 3.09. The lowest BCUT2D eigenvalue weighted by molar-refractivity contribution is 0.453. The second-order valence-corrected chi connectivity index (χ2v) is 6.67. The fourth-order valence-electron chi connectivity index (χ4n) is 2.03. The summed E-state index contributed by atoms with van der Waals surface area (Å²) >= 11 is 5.61. The molecule has 1 unspecified atom stereocenters. The van der Waals surface area contributed by atoms with Crippen molar-refractivity contribution in [3.05, 3.63) is 29.0 Å². The average Bonchev–Trinajstić information content (AvgIpc) is 2.77. The van der Waals surface area contributed by atoms with Crippen LogP contribution in [0.2, 0.25) is 5.02 Å². The molecule has 0 amide bonds. The zero-order valence-electron chi connectivity index (χ0n) is 10.1. The Hall–Kier alpha value is -0.400. The van der Waals surface area contributed by atoms with E-state index in [0.717, 1.165) is 6.07 Å². The summed E-state index contributed by atoms with van der Waals surface area (Å²) in [6.07, 6.45) is 0.713. The van der Waals surface area contributed by atoms with Crippen molar-refractivity contribution < 1.29 is 12.8 Å². The maximum absolute atomic E-state index is 13.7. The molecule has 1 aliphatic heterocycles. The third-order valence-corrected chi connectivity index (χ3v) is 5.23. The van der Waals surface area contributed by atoms with Crippen molar-refractivity contribution in [2.75, 3.05) is 19.6 Å². The van der Waals surface area contributed by atoms with E-state index in [-0.39, 0.29) is 28.2 Å². The molecular weight excluding hydrogens is 314 g/mol. The van der Waals surface area contributed by atoms with Crippen LogP contribution in [0.25, 0.3) is 0 Å². The highest BCUT2D eigenvalue weighted by Crippen LogP contribution is 2.26. The van der Waals surface area contributed by atoms with Crippen LogP contribution in [-0.4, -0.2) is 32.4 Å². The van der Waals surface area contributed by atoms with Gasteiger partial charge in [0.05, 0.1) is 0 Å². The molecule has 1 heterocycles. The standard InChI is InChI=1S/C11H14ClFN2O2S.ClH/c12-9-1-2-11(10(13)5-9)18(16,17)15-4-3-8(6-14)7-15;/h1-2,5,8H,3-4,6-7,14H2;1H. The van der Waals surface area contributed by atoms with Crippen LogP contribution in [-0.2, 0) is 10.0 Å². The number of nitrogens with two attached hydrogens (primary N) is 1. The van der Waals surface area contributed by atoms with E-state index in [2.05, 4.69) is 0 Å². The van der Waals surface area contributed by atoms with Gasteiger partial charge in [0.25, 0.3) is 0 Å². The minimum absolute atomic E-state index is 0. The Morgan fingerprint density at radius 2 is 2.16 bits per heavy atom. The van der Waals surface area contributed by atoms with Crippen LogP contribution in [0.5, 0.6) is 0 Å². The molecule has 1 aromatic carbocycles. The van der Waals surface area contributed by atoms with Crippen molar-refractivity contribution >= 4 is 34.0 Å². The molecule has 8 heteroatoms. The Kier molecular flexibility index (Phi) is 5.58. The Labute approximate surface area is 123 Å². The van der Waals surface area contributed by atoms with Gasteiger partial charge in [-0.3, -0.25) is 0 Å². The molecule has 1 fully saturated rings. The average molecular weight is 329 g/mol. The summed E-state index contributed by atoms with van der Waals surface area (Å²) in [6.45, 7) is 1.17. The molecule has 1 saturated heterocycles. The van der Waals surface area contributed by atoms with Crippen LogP contribution in [0.4, 0.5) is 4.39 Å². The SMILES string of the molecule is Cl.NCC1CCN(S(=O)(=O)c2ccc(Cl)cc2F)C1. The first-order chi connectivity index (χ1) is 8.45. The third kappa shape index (κ3) is 3.38. The van der Waals surface area contributed by atoms with E-state index in [1.54, 1.807) is 0 Å². The first-order valence-corrected chi connectivity index (χ1v) is 7.42. The maximum Gasteiger partial charge on any atom is 0.245 e. The molecule has 1 aliphatic rings. The second kappa shape index (κ2) is 6.37. The van der Waals surface area contributed by atoms with Crippen LogP contribution < -0.4 is 5.73 Å². The predicted molar refractivity (Wildman–Crippen MR) is 74.6 cm³/mol. The number of sulfonamides is 1. The quantitative estimate of drug-likeness (QED) is 0.921. The lowest BCUT2D eigenvalue weighted by atomic mass is 10.1. The number of hydrogen-bond acceptors (Lipinski definition) is 3. The van der Waals surface area contributed by atoms with Gasteiger partial charge in [-0.2, -0.15) is 4.31 Å². The van der Waals surface area contributed by atoms with E-state index in [4.69, 9.17) is 17.3 Å². The lowest BCUT2D eigenvalue weighted by Gasteiger charge is -2.16. The van der Waals surface area contributed by atoms with Crippen molar-refractivity contribution in [3.8, 4) is 0 Å². The van der Waals surface area contributed by atoms with Gasteiger partial charge in [-0.05, 0) is 37.1 Å². The highest BCUT2D eigenvalue weighted by molar-refractivity contribution is 7.89. The van der Waals surface area contributed by atoms with Gasteiger partial charge in [0.1, 0.15) is 10.7 Å². The zero-order valence-corrected chi connectivity index (χ0v) is 12.4. The summed E-state index contributed by atoms with van der Waals surface area (Å²) in [5, 5.41) is 0.174. The van der Waals surface area contributed by atoms with E-state index in [1.807, 2.05) is 0 Å². The maximum atomic E-state index is 13.7. The van der Waals surface area contributed by atoms with Gasteiger partial charge in [0.2, 0.25) is 10.0 Å². The Bertz CT molecular complexity index is 554. The molecule has 0 radical (unpaired) electrons. The van der Waals surface area contributed by atoms with Crippen molar-refractivity contribution in [3.63, 3.8) is 0 Å². The first kappa shape index (κ1) is 16.7. The molecule has 0 bridgehead atoms. The molecule has 0 spiro atoms. The number of rotatable bonds is 3. The number of nitrogens with zero attached hydrogens (tertiary/aromatic N) is 1. The monoisotopic (exact) mass is 328 g/mol. The van der Waals surface area contributed by atoms with Crippen molar-refractivity contribution in [1.82, 2.24) is 4.31 Å². The molecule has 0 aliphatic carbocycles. The van der Waals surface area contributed by atoms with Crippen molar-refractivity contribution in [2.24, 2.45) is 11.7 Å². The molecule has 0 aromatic heterocycles. The van der Waals surface area contributed by atoms with Gasteiger partial charge < -0.3 is 5.73 Å². The molecule has 2 N–H and O–H groups in total. The van der Waals surface area contributed by atoms with E-state index < -0.39 is 15.8 Å². The molecule has 4 nitrogen and oxygen atoms in total. The minimum Gasteiger partial charge on any atom is -0.330 e. The largest absolute Gasteiger partial charge is 0.330 e. The van der Waals surface area contributed by atoms with E-state index in [1.165, 1.54) is 16.4 Å². The molecule has 1 aromatic rings. The molecule has 19 heavy (non-hydrogen) atoms. The summed E-state index contributed by atoms with van der Waals surface area (Å²) in [5.41, 5.74) is 5.51. The highest BCUT2D eigenvalue weighted by Gasteiger charge is 2.33. The normalized spacial score (nSPS) is 20.3. The predicted octanol–water partition coefficient (Wildman–Crippen LogP) is 1.87. The zero-order chi connectivity index (χ0) is 13.3. The summed E-state index contributed by atoms with van der Waals surface area (Å²) in [5.74, 6) is -0.672. The van der Waals surface area contributed by atoms with Gasteiger partial charge in [-0.25, -0.2) is 12.8 Å². The fraction of sp³-hybridized carbons (Fsp3) is 0.455. The summed E-state index contributed by atoms with van der Waals surface area (Å²) in [6, 6.07) is 3.57. The van der Waals surface area contributed by atoms with Crippen LogP contribution in [0.1, 0.15) is 6.42 Å². The Balaban J connectivity index is 0.00000180. The summed E-state index contributed by atoms with van der Waals surface area (Å²) < 4.78 is 39.4.